The van der Waals surface area contributed by atoms with E-state index in [9.17, 15) is 18.0 Å². The second kappa shape index (κ2) is 8.28. The molecule has 3 rings (SSSR count). The molecule has 1 N–H and O–H groups in total. The molecule has 8 heteroatoms. The topological polar surface area (TPSA) is 88.5 Å². The summed E-state index contributed by atoms with van der Waals surface area (Å²) in [5.74, 6) is -0.177. The van der Waals surface area contributed by atoms with Gasteiger partial charge in [-0.05, 0) is 44.4 Å². The van der Waals surface area contributed by atoms with Gasteiger partial charge in [-0.1, -0.05) is 12.1 Å². The fraction of sp³-hybridized carbons (Fsp3) is 0.400. The van der Waals surface area contributed by atoms with Gasteiger partial charge in [-0.15, -0.1) is 0 Å². The number of hydrogen-bond donors (Lipinski definition) is 1. The van der Waals surface area contributed by atoms with Gasteiger partial charge in [0.2, 0.25) is 15.9 Å². The second-order valence-electron chi connectivity index (χ2n) is 7.09. The number of pyridine rings is 1. The zero-order chi connectivity index (χ0) is 20.3. The zero-order valence-corrected chi connectivity index (χ0v) is 17.0. The third-order valence-corrected chi connectivity index (χ3v) is 6.88. The third-order valence-electron chi connectivity index (χ3n) is 4.97. The lowest BCUT2D eigenvalue weighted by atomic mass is 10.2. The fourth-order valence-corrected chi connectivity index (χ4v) is 4.91. The number of sulfonamides is 1. The first-order chi connectivity index (χ1) is 13.3. The van der Waals surface area contributed by atoms with Gasteiger partial charge >= 0.3 is 0 Å². The summed E-state index contributed by atoms with van der Waals surface area (Å²) in [5.41, 5.74) is 2.21. The van der Waals surface area contributed by atoms with Crippen molar-refractivity contribution in [2.24, 2.45) is 0 Å². The van der Waals surface area contributed by atoms with Gasteiger partial charge in [-0.25, -0.2) is 8.42 Å². The highest BCUT2D eigenvalue weighted by molar-refractivity contribution is 7.89. The number of amides is 1. The average molecular weight is 404 g/mol. The van der Waals surface area contributed by atoms with E-state index in [0.29, 0.717) is 19.6 Å². The summed E-state index contributed by atoms with van der Waals surface area (Å²) in [5, 5.41) is 2.83. The Kier molecular flexibility index (Phi) is 6.00. The van der Waals surface area contributed by atoms with Gasteiger partial charge < -0.3 is 9.88 Å². The molecule has 150 valence electrons. The summed E-state index contributed by atoms with van der Waals surface area (Å²) >= 11 is 0. The molecule has 28 heavy (non-hydrogen) atoms. The number of aryl methyl sites for hydroxylation is 2. The molecule has 1 aliphatic heterocycles. The van der Waals surface area contributed by atoms with Gasteiger partial charge in [0.1, 0.15) is 6.54 Å². The van der Waals surface area contributed by atoms with Crippen LogP contribution in [0.2, 0.25) is 0 Å². The molecule has 1 aromatic heterocycles. The molecule has 1 fully saturated rings. The SMILES string of the molecule is Cc1cc(=O)cc(C)n1CC(=O)NCc1ccc(S(=O)(=O)N2CCCC2)cc1. The van der Waals surface area contributed by atoms with E-state index >= 15 is 0 Å². The Bertz CT molecular complexity index is 994. The maximum absolute atomic E-state index is 12.5. The van der Waals surface area contributed by atoms with Crippen molar-refractivity contribution in [2.45, 2.75) is 44.7 Å². The Balaban J connectivity index is 1.61. The van der Waals surface area contributed by atoms with Crippen LogP contribution in [0.3, 0.4) is 0 Å². The quantitative estimate of drug-likeness (QED) is 0.793. The molecule has 0 saturated carbocycles. The van der Waals surface area contributed by atoms with Crippen LogP contribution in [-0.4, -0.2) is 36.3 Å². The van der Waals surface area contributed by atoms with Gasteiger partial charge in [0.05, 0.1) is 4.90 Å². The highest BCUT2D eigenvalue weighted by Crippen LogP contribution is 2.21. The molecule has 2 heterocycles. The molecule has 0 unspecified atom stereocenters. The average Bonchev–Trinajstić information content (AvgIpc) is 3.19. The van der Waals surface area contributed by atoms with Crippen molar-refractivity contribution in [1.29, 1.82) is 0 Å². The van der Waals surface area contributed by atoms with Gasteiger partial charge in [-0.2, -0.15) is 4.31 Å². The van der Waals surface area contributed by atoms with Gasteiger partial charge in [-0.3, -0.25) is 9.59 Å². The van der Waals surface area contributed by atoms with E-state index in [1.54, 1.807) is 42.7 Å². The van der Waals surface area contributed by atoms with E-state index in [-0.39, 0.29) is 22.8 Å². The molecule has 2 aromatic rings. The zero-order valence-electron chi connectivity index (χ0n) is 16.1. The first-order valence-corrected chi connectivity index (χ1v) is 10.8. The van der Waals surface area contributed by atoms with E-state index in [4.69, 9.17) is 0 Å². The molecule has 1 aromatic carbocycles. The van der Waals surface area contributed by atoms with Crippen LogP contribution in [0.5, 0.6) is 0 Å². The van der Waals surface area contributed by atoms with Crippen molar-refractivity contribution in [3.63, 3.8) is 0 Å². The lowest BCUT2D eigenvalue weighted by Crippen LogP contribution is -2.29. The number of carbonyl (C=O) groups is 1. The number of benzene rings is 1. The molecule has 7 nitrogen and oxygen atoms in total. The monoisotopic (exact) mass is 403 g/mol. The summed E-state index contributed by atoms with van der Waals surface area (Å²) in [4.78, 5) is 24.0. The molecule has 0 aliphatic carbocycles. The van der Waals surface area contributed by atoms with Crippen molar-refractivity contribution >= 4 is 15.9 Å². The number of nitrogens with zero attached hydrogens (tertiary/aromatic N) is 2. The van der Waals surface area contributed by atoms with E-state index in [2.05, 4.69) is 5.32 Å². The maximum Gasteiger partial charge on any atom is 0.243 e. The van der Waals surface area contributed by atoms with E-state index in [0.717, 1.165) is 29.8 Å². The summed E-state index contributed by atoms with van der Waals surface area (Å²) in [6.45, 7) is 5.16. The van der Waals surface area contributed by atoms with E-state index in [1.165, 1.54) is 16.4 Å². The Morgan fingerprint density at radius 2 is 1.61 bits per heavy atom. The lowest BCUT2D eigenvalue weighted by molar-refractivity contribution is -0.121. The normalized spacial score (nSPS) is 14.9. The maximum atomic E-state index is 12.5. The highest BCUT2D eigenvalue weighted by atomic mass is 32.2. The Morgan fingerprint density at radius 3 is 2.18 bits per heavy atom. The van der Waals surface area contributed by atoms with Crippen LogP contribution in [0.4, 0.5) is 0 Å². The fourth-order valence-electron chi connectivity index (χ4n) is 3.39. The molecule has 0 atom stereocenters. The number of hydrogen-bond acceptors (Lipinski definition) is 4. The number of carbonyl (C=O) groups excluding carboxylic acids is 1. The molecule has 1 saturated heterocycles. The minimum atomic E-state index is -3.42. The van der Waals surface area contributed by atoms with Crippen LogP contribution in [0.1, 0.15) is 29.8 Å². The summed E-state index contributed by atoms with van der Waals surface area (Å²) in [6.07, 6.45) is 1.80. The molecule has 1 amide bonds. The number of aromatic nitrogens is 1. The molecule has 1 aliphatic rings. The first kappa shape index (κ1) is 20.3. The van der Waals surface area contributed by atoms with Crippen molar-refractivity contribution in [3.05, 3.63) is 63.6 Å². The van der Waals surface area contributed by atoms with Gasteiger partial charge in [0.15, 0.2) is 5.43 Å². The minimum absolute atomic E-state index is 0.0735. The third kappa shape index (κ3) is 4.51. The second-order valence-corrected chi connectivity index (χ2v) is 9.03. The van der Waals surface area contributed by atoms with Crippen LogP contribution in [0.15, 0.2) is 46.1 Å². The number of rotatable bonds is 6. The lowest BCUT2D eigenvalue weighted by Gasteiger charge is -2.16. The van der Waals surface area contributed by atoms with E-state index < -0.39 is 10.0 Å². The predicted octanol–water partition coefficient (Wildman–Crippen LogP) is 1.57. The largest absolute Gasteiger partial charge is 0.350 e. The van der Waals surface area contributed by atoms with Crippen LogP contribution in [-0.2, 0) is 27.9 Å². The standard InChI is InChI=1S/C20H25N3O4S/c1-15-11-18(24)12-16(2)23(15)14-20(25)21-13-17-5-7-19(8-6-17)28(26,27)22-9-3-4-10-22/h5-8,11-12H,3-4,9-10,13-14H2,1-2H3,(H,21,25). The van der Waals surface area contributed by atoms with Crippen LogP contribution >= 0.6 is 0 Å². The Morgan fingerprint density at radius 1 is 1.04 bits per heavy atom. The van der Waals surface area contributed by atoms with Crippen LogP contribution < -0.4 is 10.7 Å². The first-order valence-electron chi connectivity index (χ1n) is 9.31. The Hall–Kier alpha value is -2.45. The van der Waals surface area contributed by atoms with Crippen molar-refractivity contribution < 1.29 is 13.2 Å². The molecule has 0 spiro atoms. The summed E-state index contributed by atoms with van der Waals surface area (Å²) in [7, 11) is -3.42. The van der Waals surface area contributed by atoms with Gasteiger partial charge in [0.25, 0.3) is 0 Å². The minimum Gasteiger partial charge on any atom is -0.350 e. The van der Waals surface area contributed by atoms with Crippen LogP contribution in [0, 0.1) is 13.8 Å². The summed E-state index contributed by atoms with van der Waals surface area (Å²) in [6, 6.07) is 9.62. The molecule has 0 bridgehead atoms. The smallest absolute Gasteiger partial charge is 0.243 e. The number of nitrogens with one attached hydrogen (secondary N) is 1. The molecular formula is C20H25N3O4S. The van der Waals surface area contributed by atoms with Crippen molar-refractivity contribution in [1.82, 2.24) is 14.2 Å². The molecular weight excluding hydrogens is 378 g/mol. The van der Waals surface area contributed by atoms with Crippen LogP contribution in [0.25, 0.3) is 0 Å². The van der Waals surface area contributed by atoms with Crippen molar-refractivity contribution in [3.8, 4) is 0 Å². The predicted molar refractivity (Wildman–Crippen MR) is 106 cm³/mol. The summed E-state index contributed by atoms with van der Waals surface area (Å²) < 4.78 is 28.4. The molecule has 0 radical (unpaired) electrons. The highest BCUT2D eigenvalue weighted by Gasteiger charge is 2.26. The van der Waals surface area contributed by atoms with Gasteiger partial charge in [0, 0.05) is 43.2 Å². The van der Waals surface area contributed by atoms with E-state index in [1.807, 2.05) is 0 Å². The Labute approximate surface area is 165 Å². The van der Waals surface area contributed by atoms with Crippen molar-refractivity contribution in [2.75, 3.05) is 13.1 Å².